The first kappa shape index (κ1) is 52.6. The van der Waals surface area contributed by atoms with Gasteiger partial charge in [-0.3, -0.25) is 9.59 Å². The molecule has 2 aliphatic heterocycles. The van der Waals surface area contributed by atoms with Gasteiger partial charge in [0.15, 0.2) is 23.0 Å². The first-order valence-electron chi connectivity index (χ1n) is 23.8. The minimum atomic E-state index is -0.412. The molecule has 2 saturated heterocycles. The number of aromatic nitrogens is 6. The zero-order chi connectivity index (χ0) is 53.0. The predicted octanol–water partition coefficient (Wildman–Crippen LogP) is 8.25. The van der Waals surface area contributed by atoms with Crippen LogP contribution in [-0.4, -0.2) is 110 Å². The standard InChI is InChI=1S/C27H28N6O4.C22H19ClN4O3.C5H10N2O/c1-35-21-13-17(14-22(36-2)24(21)37-3)16-10-11-23(29-15-16)31-26-18-7-4-5-8-19(18)30-27(32-26)33-12-6-9-20(33)25(28)34;1-28-17-10-14(11-18(29-2)20(17)30-3)13-8-9-19(24-12-13)26-21-15-6-4-5-7-16(15)25-22(23)27-21;6-5(8)4-2-1-3-7-4/h4-5,7-8,10-11,13-15,20H,6,9,12H2,1-3H3,(H2,28,34)(H,29,30,31,32);4-12H,1-3H3,(H,24,25,26,27);4,7H,1-3H2,(H2,6,8)/t20-;;4-/m0.0/s1. The van der Waals surface area contributed by atoms with Crippen LogP contribution in [0.3, 0.4) is 0 Å². The lowest BCUT2D eigenvalue weighted by Crippen LogP contribution is -2.41. The van der Waals surface area contributed by atoms with E-state index in [1.165, 1.54) is 0 Å². The monoisotopic (exact) mass is 1040 g/mol. The van der Waals surface area contributed by atoms with Gasteiger partial charge in [0, 0.05) is 40.8 Å². The van der Waals surface area contributed by atoms with Crippen LogP contribution < -0.4 is 60.7 Å². The quantitative estimate of drug-likeness (QED) is 0.0605. The Bertz CT molecular complexity index is 3240. The van der Waals surface area contributed by atoms with Crippen molar-refractivity contribution in [2.24, 2.45) is 11.5 Å². The van der Waals surface area contributed by atoms with Gasteiger partial charge in [0.2, 0.25) is 34.5 Å². The summed E-state index contributed by atoms with van der Waals surface area (Å²) < 4.78 is 32.6. The minimum Gasteiger partial charge on any atom is -0.493 e. The van der Waals surface area contributed by atoms with Gasteiger partial charge in [-0.2, -0.15) is 9.97 Å². The lowest BCUT2D eigenvalue weighted by molar-refractivity contribution is -0.120. The second kappa shape index (κ2) is 24.3. The Labute approximate surface area is 438 Å². The molecule has 7 N–H and O–H groups in total. The number of methoxy groups -OCH3 is 6. The molecule has 2 fully saturated rings. The average molecular weight is 1040 g/mol. The molecule has 0 bridgehead atoms. The molecule has 8 aromatic rings. The van der Waals surface area contributed by atoms with Crippen LogP contribution >= 0.6 is 11.6 Å². The van der Waals surface area contributed by atoms with Crippen molar-refractivity contribution in [3.05, 3.63) is 115 Å². The van der Waals surface area contributed by atoms with Crippen molar-refractivity contribution >= 4 is 74.4 Å². The van der Waals surface area contributed by atoms with Gasteiger partial charge in [-0.25, -0.2) is 19.9 Å². The SMILES string of the molecule is COc1cc(-c2ccc(Nc3nc(Cl)nc4ccccc34)nc2)cc(OC)c1OC.COc1cc(-c2ccc(Nc3nc(N4CCC[C@H]4C(N)=O)nc4ccccc34)nc2)cc(OC)c1OC.NC(=O)[C@@H]1CCCN1. The Balaban J connectivity index is 0.000000176. The average Bonchev–Trinajstić information content (AvgIpc) is 4.18. The summed E-state index contributed by atoms with van der Waals surface area (Å²) in [5.74, 6) is 5.68. The lowest BCUT2D eigenvalue weighted by atomic mass is 10.1. The van der Waals surface area contributed by atoms with E-state index in [1.54, 1.807) is 55.1 Å². The number of hydrogen-bond donors (Lipinski definition) is 5. The Morgan fingerprint density at radius 3 is 1.49 bits per heavy atom. The smallest absolute Gasteiger partial charge is 0.240 e. The fraction of sp³-hybridized carbons (Fsp3) is 0.259. The highest BCUT2D eigenvalue weighted by Gasteiger charge is 2.31. The molecule has 388 valence electrons. The molecule has 20 nitrogen and oxygen atoms in total. The predicted molar refractivity (Wildman–Crippen MR) is 289 cm³/mol. The van der Waals surface area contributed by atoms with Gasteiger partial charge in [0.25, 0.3) is 0 Å². The number of amides is 2. The number of nitrogens with one attached hydrogen (secondary N) is 3. The molecule has 0 unspecified atom stereocenters. The van der Waals surface area contributed by atoms with Gasteiger partial charge in [-0.1, -0.05) is 24.3 Å². The van der Waals surface area contributed by atoms with Crippen molar-refractivity contribution in [2.75, 3.05) is 71.3 Å². The number of benzene rings is 4. The second-order valence-corrected chi connectivity index (χ2v) is 17.3. The van der Waals surface area contributed by atoms with Crippen molar-refractivity contribution < 1.29 is 38.0 Å². The Hall–Kier alpha value is -8.75. The molecule has 2 atom stereocenters. The molecule has 2 aliphatic rings. The summed E-state index contributed by atoms with van der Waals surface area (Å²) in [4.78, 5) is 51.3. The van der Waals surface area contributed by atoms with Crippen molar-refractivity contribution in [1.82, 2.24) is 35.2 Å². The van der Waals surface area contributed by atoms with E-state index in [9.17, 15) is 9.59 Å². The van der Waals surface area contributed by atoms with Crippen molar-refractivity contribution in [1.29, 1.82) is 0 Å². The van der Waals surface area contributed by atoms with Crippen LogP contribution in [0.1, 0.15) is 25.7 Å². The summed E-state index contributed by atoms with van der Waals surface area (Å²) in [6.07, 6.45) is 7.06. The number of pyridine rings is 2. The van der Waals surface area contributed by atoms with Gasteiger partial charge >= 0.3 is 0 Å². The maximum atomic E-state index is 12.0. The van der Waals surface area contributed by atoms with Crippen LogP contribution in [0.15, 0.2) is 109 Å². The van der Waals surface area contributed by atoms with Crippen LogP contribution in [0, 0.1) is 0 Å². The second-order valence-electron chi connectivity index (χ2n) is 17.0. The number of fused-ring (bicyclic) bond motifs is 2. The molecule has 0 radical (unpaired) electrons. The Kier molecular flexibility index (Phi) is 17.0. The number of rotatable bonds is 15. The molecular weight excluding hydrogens is 980 g/mol. The molecule has 6 heterocycles. The van der Waals surface area contributed by atoms with Gasteiger partial charge in [0.05, 0.1) is 59.7 Å². The normalized spacial score (nSPS) is 14.7. The number of carbonyl (C=O) groups excluding carboxylic acids is 2. The maximum Gasteiger partial charge on any atom is 0.240 e. The number of halogens is 1. The molecule has 4 aromatic carbocycles. The third-order valence-corrected chi connectivity index (χ3v) is 12.6. The van der Waals surface area contributed by atoms with Gasteiger partial charge in [-0.15, -0.1) is 0 Å². The number of ether oxygens (including phenoxy) is 6. The Morgan fingerprint density at radius 2 is 1.08 bits per heavy atom. The maximum absolute atomic E-state index is 12.0. The third kappa shape index (κ3) is 12.2. The molecule has 21 heteroatoms. The number of anilines is 5. The van der Waals surface area contributed by atoms with E-state index in [4.69, 9.17) is 61.5 Å². The van der Waals surface area contributed by atoms with E-state index in [2.05, 4.69) is 35.9 Å². The summed E-state index contributed by atoms with van der Waals surface area (Å²) >= 11 is 6.06. The van der Waals surface area contributed by atoms with Crippen LogP contribution in [0.4, 0.5) is 29.2 Å². The number of hydrogen-bond acceptors (Lipinski definition) is 18. The Morgan fingerprint density at radius 1 is 0.587 bits per heavy atom. The van der Waals surface area contributed by atoms with E-state index in [0.29, 0.717) is 76.7 Å². The number of carbonyl (C=O) groups is 2. The van der Waals surface area contributed by atoms with E-state index < -0.39 is 6.04 Å². The molecule has 10 rings (SSSR count). The van der Waals surface area contributed by atoms with E-state index in [0.717, 1.165) is 69.9 Å². The molecule has 0 spiro atoms. The topological polar surface area (TPSA) is 258 Å². The summed E-state index contributed by atoms with van der Waals surface area (Å²) in [6.45, 7) is 1.61. The van der Waals surface area contributed by atoms with E-state index >= 15 is 0 Å². The van der Waals surface area contributed by atoms with Crippen LogP contribution in [0.2, 0.25) is 5.28 Å². The molecule has 0 saturated carbocycles. The van der Waals surface area contributed by atoms with Gasteiger partial charge in [-0.05, 0) is 128 Å². The van der Waals surface area contributed by atoms with Crippen molar-refractivity contribution in [2.45, 2.75) is 37.8 Å². The number of primary amides is 2. The van der Waals surface area contributed by atoms with Gasteiger partial charge < -0.3 is 60.7 Å². The number of nitrogens with zero attached hydrogens (tertiary/aromatic N) is 7. The molecule has 75 heavy (non-hydrogen) atoms. The number of para-hydroxylation sites is 2. The van der Waals surface area contributed by atoms with Gasteiger partial charge in [0.1, 0.15) is 29.3 Å². The van der Waals surface area contributed by atoms with Crippen LogP contribution in [-0.2, 0) is 9.59 Å². The highest BCUT2D eigenvalue weighted by atomic mass is 35.5. The summed E-state index contributed by atoms with van der Waals surface area (Å²) in [6, 6.07) is 30.0. The lowest BCUT2D eigenvalue weighted by Gasteiger charge is -2.23. The largest absolute Gasteiger partial charge is 0.493 e. The van der Waals surface area contributed by atoms with Crippen molar-refractivity contribution in [3.63, 3.8) is 0 Å². The fourth-order valence-corrected chi connectivity index (χ4v) is 8.85. The zero-order valence-electron chi connectivity index (χ0n) is 42.2. The minimum absolute atomic E-state index is 0.0463. The zero-order valence-corrected chi connectivity index (χ0v) is 43.0. The summed E-state index contributed by atoms with van der Waals surface area (Å²) in [7, 11) is 9.49. The highest BCUT2D eigenvalue weighted by Crippen LogP contribution is 2.43. The fourth-order valence-electron chi connectivity index (χ4n) is 8.68. The molecule has 4 aromatic heterocycles. The first-order valence-corrected chi connectivity index (χ1v) is 24.2. The first-order chi connectivity index (χ1) is 36.4. The summed E-state index contributed by atoms with van der Waals surface area (Å²) in [5, 5.41) is 11.4. The van der Waals surface area contributed by atoms with E-state index in [1.807, 2.05) is 102 Å². The molecule has 2 amide bonds. The highest BCUT2D eigenvalue weighted by molar-refractivity contribution is 6.28. The third-order valence-electron chi connectivity index (χ3n) is 12.4. The van der Waals surface area contributed by atoms with Crippen molar-refractivity contribution in [3.8, 4) is 56.8 Å². The van der Waals surface area contributed by atoms with Crippen LogP contribution in [0.5, 0.6) is 34.5 Å². The summed E-state index contributed by atoms with van der Waals surface area (Å²) in [5.41, 5.74) is 15.7. The molecule has 0 aliphatic carbocycles. The van der Waals surface area contributed by atoms with E-state index in [-0.39, 0.29) is 23.1 Å². The number of nitrogens with two attached hydrogens (primary N) is 2. The van der Waals surface area contributed by atoms with Crippen LogP contribution in [0.25, 0.3) is 44.1 Å². The molecular formula is C54H57ClN12O8.